The number of benzene rings is 4. The van der Waals surface area contributed by atoms with Gasteiger partial charge in [0.15, 0.2) is 5.75 Å². The third-order valence-corrected chi connectivity index (χ3v) is 10.6. The van der Waals surface area contributed by atoms with Crippen LogP contribution in [0.3, 0.4) is 0 Å². The lowest BCUT2D eigenvalue weighted by atomic mass is 10.1. The van der Waals surface area contributed by atoms with Gasteiger partial charge >= 0.3 is 11.9 Å². The van der Waals surface area contributed by atoms with E-state index in [4.69, 9.17) is 4.74 Å². The maximum absolute atomic E-state index is 11.7. The van der Waals surface area contributed by atoms with Gasteiger partial charge in [-0.05, 0) is 74.8 Å². The van der Waals surface area contributed by atoms with Crippen LogP contribution in [0.1, 0.15) is 47.4 Å². The van der Waals surface area contributed by atoms with Crippen molar-refractivity contribution in [3.8, 4) is 11.5 Å². The van der Waals surface area contributed by atoms with Crippen molar-refractivity contribution in [2.24, 2.45) is 0 Å². The van der Waals surface area contributed by atoms with Crippen molar-refractivity contribution >= 4 is 58.3 Å². The molecule has 0 bridgehead atoms. The molecule has 56 heavy (non-hydrogen) atoms. The molecule has 4 aromatic rings. The standard InChI is InChI=1S/C21H25N3O4.C21H25N3O3S/c2*1-3-20(25)22-17-9-8-15(14-16(17)21(26)27)28-19-7-5-4-6-18(19)24-12-10-23(2)11-13-24/h2*4-9,14H,3,10-13H2,1-2H3,(H,22,25)(H,26,27). The quantitative estimate of drug-likeness (QED) is 0.118. The van der Waals surface area contributed by atoms with Gasteiger partial charge in [-0.3, -0.25) is 9.59 Å². The van der Waals surface area contributed by atoms with Crippen molar-refractivity contribution in [3.05, 3.63) is 96.1 Å². The molecule has 2 heterocycles. The lowest BCUT2D eigenvalue weighted by Gasteiger charge is -2.35. The van der Waals surface area contributed by atoms with E-state index in [1.165, 1.54) is 11.8 Å². The Hall–Kier alpha value is -5.57. The fourth-order valence-electron chi connectivity index (χ4n) is 6.18. The number of carboxylic acids is 2. The molecule has 2 amide bonds. The van der Waals surface area contributed by atoms with Crippen molar-refractivity contribution in [2.75, 3.05) is 86.9 Å². The third-order valence-electron chi connectivity index (χ3n) is 9.51. The number of carbonyl (C=O) groups excluding carboxylic acids is 2. The Kier molecular flexibility index (Phi) is 14.7. The average molecular weight is 783 g/mol. The predicted octanol–water partition coefficient (Wildman–Crippen LogP) is 6.91. The summed E-state index contributed by atoms with van der Waals surface area (Å²) in [5.41, 5.74) is 2.84. The molecule has 2 aliphatic heterocycles. The molecule has 0 aromatic heterocycles. The minimum atomic E-state index is -1.12. The molecule has 6 rings (SSSR count). The molecule has 14 heteroatoms. The Morgan fingerprint density at radius 3 is 1.66 bits per heavy atom. The number of para-hydroxylation sites is 3. The fourth-order valence-corrected chi connectivity index (χ4v) is 7.20. The minimum absolute atomic E-state index is 0.00335. The fraction of sp³-hybridized carbons (Fsp3) is 0.333. The van der Waals surface area contributed by atoms with Crippen LogP contribution in [0, 0.1) is 0 Å². The van der Waals surface area contributed by atoms with Crippen molar-refractivity contribution in [1.82, 2.24) is 9.80 Å². The van der Waals surface area contributed by atoms with E-state index < -0.39 is 11.9 Å². The number of carbonyl (C=O) groups is 4. The van der Waals surface area contributed by atoms with E-state index in [1.54, 1.807) is 49.9 Å². The van der Waals surface area contributed by atoms with Gasteiger partial charge in [0.1, 0.15) is 5.75 Å². The highest BCUT2D eigenvalue weighted by Gasteiger charge is 2.21. The first-order valence-electron chi connectivity index (χ1n) is 18.7. The lowest BCUT2D eigenvalue weighted by Crippen LogP contribution is -2.44. The highest BCUT2D eigenvalue weighted by Crippen LogP contribution is 2.38. The van der Waals surface area contributed by atoms with Crippen molar-refractivity contribution in [3.63, 3.8) is 0 Å². The summed E-state index contributed by atoms with van der Waals surface area (Å²) in [7, 11) is 4.23. The molecule has 4 aromatic carbocycles. The van der Waals surface area contributed by atoms with Gasteiger partial charge in [0, 0.05) is 75.0 Å². The van der Waals surface area contributed by atoms with E-state index in [0.29, 0.717) is 23.6 Å². The summed E-state index contributed by atoms with van der Waals surface area (Å²) in [4.78, 5) is 57.7. The Balaban J connectivity index is 0.000000214. The summed E-state index contributed by atoms with van der Waals surface area (Å²) in [5, 5.41) is 24.3. The van der Waals surface area contributed by atoms with Crippen molar-refractivity contribution in [2.45, 2.75) is 36.5 Å². The number of carboxylic acid groups (broad SMARTS) is 2. The van der Waals surface area contributed by atoms with Crippen molar-refractivity contribution < 1.29 is 34.1 Å². The zero-order chi connectivity index (χ0) is 40.2. The van der Waals surface area contributed by atoms with Crippen LogP contribution in [-0.4, -0.2) is 110 Å². The summed E-state index contributed by atoms with van der Waals surface area (Å²) in [6.45, 7) is 11.2. The van der Waals surface area contributed by atoms with Gasteiger partial charge in [-0.15, -0.1) is 0 Å². The first kappa shape index (κ1) is 41.6. The number of nitrogens with one attached hydrogen (secondary N) is 2. The van der Waals surface area contributed by atoms with Crippen LogP contribution in [0.15, 0.2) is 94.7 Å². The molecule has 0 radical (unpaired) electrons. The van der Waals surface area contributed by atoms with Crippen molar-refractivity contribution in [1.29, 1.82) is 0 Å². The highest BCUT2D eigenvalue weighted by molar-refractivity contribution is 7.99. The summed E-state index contributed by atoms with van der Waals surface area (Å²) in [6.07, 6.45) is 0.573. The van der Waals surface area contributed by atoms with Crippen LogP contribution in [0.25, 0.3) is 0 Å². The maximum Gasteiger partial charge on any atom is 0.337 e. The highest BCUT2D eigenvalue weighted by atomic mass is 32.2. The zero-order valence-electron chi connectivity index (χ0n) is 32.3. The Bertz CT molecular complexity index is 1870. The largest absolute Gasteiger partial charge is 0.478 e. The van der Waals surface area contributed by atoms with Crippen LogP contribution in [0.5, 0.6) is 11.5 Å². The van der Waals surface area contributed by atoms with Crippen LogP contribution < -0.4 is 25.2 Å². The first-order chi connectivity index (χ1) is 26.9. The van der Waals surface area contributed by atoms with E-state index in [0.717, 1.165) is 67.8 Å². The second-order valence-electron chi connectivity index (χ2n) is 13.5. The molecule has 0 spiro atoms. The number of anilines is 4. The molecule has 296 valence electrons. The van der Waals surface area contributed by atoms with Crippen LogP contribution in [0.4, 0.5) is 22.7 Å². The number of ether oxygens (including phenoxy) is 1. The second-order valence-corrected chi connectivity index (χ2v) is 14.7. The topological polar surface area (TPSA) is 155 Å². The van der Waals surface area contributed by atoms with Gasteiger partial charge < -0.3 is 45.2 Å². The summed E-state index contributed by atoms with van der Waals surface area (Å²) in [6, 6.07) is 25.7. The zero-order valence-corrected chi connectivity index (χ0v) is 33.1. The van der Waals surface area contributed by atoms with E-state index in [-0.39, 0.29) is 35.0 Å². The monoisotopic (exact) mass is 782 g/mol. The first-order valence-corrected chi connectivity index (χ1v) is 19.5. The van der Waals surface area contributed by atoms with E-state index in [2.05, 4.69) is 56.5 Å². The molecule has 4 N–H and O–H groups in total. The normalized spacial score (nSPS) is 14.6. The van der Waals surface area contributed by atoms with Crippen LogP contribution in [0.2, 0.25) is 0 Å². The molecule has 0 saturated carbocycles. The van der Waals surface area contributed by atoms with Crippen LogP contribution >= 0.6 is 11.8 Å². The number of hydrogen-bond acceptors (Lipinski definition) is 10. The number of piperazine rings is 2. The minimum Gasteiger partial charge on any atom is -0.478 e. The van der Waals surface area contributed by atoms with E-state index >= 15 is 0 Å². The molecule has 13 nitrogen and oxygen atoms in total. The van der Waals surface area contributed by atoms with E-state index in [1.807, 2.05) is 42.5 Å². The number of nitrogens with zero attached hydrogens (tertiary/aromatic N) is 4. The van der Waals surface area contributed by atoms with Gasteiger partial charge in [-0.2, -0.15) is 0 Å². The molecule has 0 aliphatic carbocycles. The lowest BCUT2D eigenvalue weighted by molar-refractivity contribution is -0.116. The molecule has 0 atom stereocenters. The molecular weight excluding hydrogens is 733 g/mol. The van der Waals surface area contributed by atoms with Gasteiger partial charge in [-0.1, -0.05) is 49.9 Å². The summed E-state index contributed by atoms with van der Waals surface area (Å²) < 4.78 is 6.04. The molecule has 2 fully saturated rings. The number of likely N-dealkylation sites (N-methyl/N-ethyl adjacent to an activating group) is 2. The van der Waals surface area contributed by atoms with Gasteiger partial charge in [-0.25, -0.2) is 9.59 Å². The van der Waals surface area contributed by atoms with E-state index in [9.17, 15) is 29.4 Å². The molecule has 0 unspecified atom stereocenters. The number of amides is 2. The van der Waals surface area contributed by atoms with Gasteiger partial charge in [0.25, 0.3) is 0 Å². The smallest absolute Gasteiger partial charge is 0.337 e. The molecule has 2 aliphatic rings. The predicted molar refractivity (Wildman–Crippen MR) is 221 cm³/mol. The molecule has 2 saturated heterocycles. The Morgan fingerprint density at radius 1 is 0.625 bits per heavy atom. The summed E-state index contributed by atoms with van der Waals surface area (Å²) >= 11 is 1.54. The maximum atomic E-state index is 11.7. The number of aromatic carboxylic acids is 2. The number of hydrogen-bond donors (Lipinski definition) is 4. The Morgan fingerprint density at radius 2 is 1.11 bits per heavy atom. The summed E-state index contributed by atoms with van der Waals surface area (Å²) in [5.74, 6) is -1.53. The SMILES string of the molecule is CCC(=O)Nc1ccc(Oc2ccccc2N2CCN(C)CC2)cc1C(=O)O.CCC(=O)Nc1ccc(Sc2ccccc2N2CCN(C)CC2)cc1C(=O)O. The Labute approximate surface area is 332 Å². The second kappa shape index (κ2) is 19.8. The molecular formula is C42H50N6O7S. The van der Waals surface area contributed by atoms with Crippen LogP contribution in [-0.2, 0) is 9.59 Å². The number of rotatable bonds is 12. The average Bonchev–Trinajstić information content (AvgIpc) is 3.20. The third kappa shape index (κ3) is 11.2. The van der Waals surface area contributed by atoms with Gasteiger partial charge in [0.2, 0.25) is 11.8 Å². The van der Waals surface area contributed by atoms with Gasteiger partial charge in [0.05, 0.1) is 33.9 Å².